The zero-order chi connectivity index (χ0) is 12.6. The van der Waals surface area contributed by atoms with Crippen LogP contribution in [0.2, 0.25) is 0 Å². The maximum Gasteiger partial charge on any atom is 0.416 e. The smallest absolute Gasteiger partial charge is 0.166 e. The molecule has 0 spiro atoms. The molecule has 0 unspecified atom stereocenters. The molecule has 0 saturated heterocycles. The first-order chi connectivity index (χ1) is 7.54. The lowest BCUT2D eigenvalue weighted by molar-refractivity contribution is -0.137. The zero-order valence-corrected chi connectivity index (χ0v) is 9.48. The van der Waals surface area contributed by atoms with Crippen LogP contribution >= 0.6 is 0 Å². The maximum absolute atomic E-state index is 12.3. The lowest BCUT2D eigenvalue weighted by atomic mass is 10.1. The molecule has 0 aliphatic carbocycles. The summed E-state index contributed by atoms with van der Waals surface area (Å²) in [6, 6.07) is 5.55. The van der Waals surface area contributed by atoms with Crippen LogP contribution in [0.25, 0.3) is 0 Å². The van der Waals surface area contributed by atoms with Crippen molar-refractivity contribution in [3.63, 3.8) is 0 Å². The van der Waals surface area contributed by atoms with Crippen molar-refractivity contribution in [3.8, 4) is 0 Å². The number of hydrogen-bond acceptors (Lipinski definition) is 0. The van der Waals surface area contributed by atoms with Crippen LogP contribution in [0.5, 0.6) is 0 Å². The topological polar surface area (TPSA) is 0 Å². The summed E-state index contributed by atoms with van der Waals surface area (Å²) in [6.45, 7) is 8.02. The van der Waals surface area contributed by atoms with Gasteiger partial charge in [-0.15, -0.1) is 13.2 Å². The second-order valence-corrected chi connectivity index (χ2v) is 3.30. The molecular formula is C13H17F3. The molecule has 3 heteroatoms. The van der Waals surface area contributed by atoms with E-state index in [1.807, 2.05) is 6.92 Å². The van der Waals surface area contributed by atoms with Gasteiger partial charge in [0.1, 0.15) is 0 Å². The van der Waals surface area contributed by atoms with Crippen molar-refractivity contribution in [2.45, 2.75) is 32.4 Å². The molecule has 0 heterocycles. The Labute approximate surface area is 94.8 Å². The highest BCUT2D eigenvalue weighted by Crippen LogP contribution is 2.29. The van der Waals surface area contributed by atoms with Crippen molar-refractivity contribution in [1.29, 1.82) is 0 Å². The Morgan fingerprint density at radius 3 is 2.31 bits per heavy atom. The average Bonchev–Trinajstić information content (AvgIpc) is 2.28. The number of unbranched alkanes of at least 4 members (excludes halogenated alkanes) is 1. The van der Waals surface area contributed by atoms with E-state index in [1.54, 1.807) is 6.07 Å². The highest BCUT2D eigenvalue weighted by molar-refractivity contribution is 5.25. The van der Waals surface area contributed by atoms with E-state index in [2.05, 4.69) is 13.2 Å². The van der Waals surface area contributed by atoms with E-state index in [1.165, 1.54) is 12.1 Å². The molecule has 0 aliphatic heterocycles. The molecule has 1 aromatic rings. The summed E-state index contributed by atoms with van der Waals surface area (Å²) in [5.41, 5.74) is 0.216. The summed E-state index contributed by atoms with van der Waals surface area (Å²) in [7, 11) is 0. The van der Waals surface area contributed by atoms with Gasteiger partial charge in [-0.3, -0.25) is 0 Å². The third-order valence-corrected chi connectivity index (χ3v) is 2.07. The van der Waals surface area contributed by atoms with Crippen LogP contribution in [0.4, 0.5) is 13.2 Å². The summed E-state index contributed by atoms with van der Waals surface area (Å²) >= 11 is 0. The van der Waals surface area contributed by atoms with Crippen LogP contribution in [0, 0.1) is 0 Å². The van der Waals surface area contributed by atoms with Gasteiger partial charge in [-0.05, 0) is 24.5 Å². The molecule has 1 aromatic carbocycles. The van der Waals surface area contributed by atoms with Crippen molar-refractivity contribution in [1.82, 2.24) is 0 Å². The summed E-state index contributed by atoms with van der Waals surface area (Å²) in [5.74, 6) is 0. The SMILES string of the molecule is C=C.CCCCc1cccc(C(F)(F)F)c1. The second-order valence-electron chi connectivity index (χ2n) is 3.30. The Morgan fingerprint density at radius 2 is 1.81 bits per heavy atom. The molecule has 0 amide bonds. The Bertz CT molecular complexity index is 302. The number of hydrogen-bond donors (Lipinski definition) is 0. The first-order valence-electron chi connectivity index (χ1n) is 5.20. The normalized spacial score (nSPS) is 10.5. The molecular weight excluding hydrogens is 213 g/mol. The average molecular weight is 230 g/mol. The molecule has 0 aromatic heterocycles. The highest BCUT2D eigenvalue weighted by Gasteiger charge is 2.30. The van der Waals surface area contributed by atoms with Crippen molar-refractivity contribution in [3.05, 3.63) is 48.6 Å². The van der Waals surface area contributed by atoms with Gasteiger partial charge in [0.2, 0.25) is 0 Å². The van der Waals surface area contributed by atoms with Crippen LogP contribution in [0.15, 0.2) is 37.4 Å². The quantitative estimate of drug-likeness (QED) is 0.651. The van der Waals surface area contributed by atoms with Crippen LogP contribution in [0.1, 0.15) is 30.9 Å². The van der Waals surface area contributed by atoms with Crippen LogP contribution in [0.3, 0.4) is 0 Å². The molecule has 16 heavy (non-hydrogen) atoms. The fourth-order valence-corrected chi connectivity index (χ4v) is 1.28. The summed E-state index contributed by atoms with van der Waals surface area (Å²) < 4.78 is 36.9. The summed E-state index contributed by atoms with van der Waals surface area (Å²) in [4.78, 5) is 0. The summed E-state index contributed by atoms with van der Waals surface area (Å²) in [5, 5.41) is 0. The molecule has 0 aliphatic rings. The van der Waals surface area contributed by atoms with Crippen molar-refractivity contribution in [2.75, 3.05) is 0 Å². The Balaban J connectivity index is 0.00000106. The molecule has 1 rings (SSSR count). The van der Waals surface area contributed by atoms with E-state index < -0.39 is 11.7 Å². The van der Waals surface area contributed by atoms with Crippen LogP contribution < -0.4 is 0 Å². The van der Waals surface area contributed by atoms with E-state index in [9.17, 15) is 13.2 Å². The van der Waals surface area contributed by atoms with Crippen LogP contribution in [-0.4, -0.2) is 0 Å². The van der Waals surface area contributed by atoms with Crippen molar-refractivity contribution < 1.29 is 13.2 Å². The summed E-state index contributed by atoms with van der Waals surface area (Å²) in [6.07, 6.45) is -1.57. The first-order valence-corrected chi connectivity index (χ1v) is 5.20. The van der Waals surface area contributed by atoms with E-state index in [0.717, 1.165) is 30.9 Å². The van der Waals surface area contributed by atoms with Gasteiger partial charge < -0.3 is 0 Å². The van der Waals surface area contributed by atoms with Gasteiger partial charge in [-0.1, -0.05) is 31.5 Å². The molecule has 90 valence electrons. The zero-order valence-electron chi connectivity index (χ0n) is 9.48. The van der Waals surface area contributed by atoms with E-state index in [-0.39, 0.29) is 0 Å². The van der Waals surface area contributed by atoms with E-state index in [0.29, 0.717) is 0 Å². The van der Waals surface area contributed by atoms with Crippen LogP contribution in [-0.2, 0) is 12.6 Å². The number of rotatable bonds is 3. The van der Waals surface area contributed by atoms with Crippen molar-refractivity contribution in [2.24, 2.45) is 0 Å². The first kappa shape index (κ1) is 14.8. The third-order valence-electron chi connectivity index (χ3n) is 2.07. The minimum absolute atomic E-state index is 0.550. The Kier molecular flexibility index (Phi) is 6.54. The molecule has 0 radical (unpaired) electrons. The van der Waals surface area contributed by atoms with Gasteiger partial charge in [-0.2, -0.15) is 13.2 Å². The standard InChI is InChI=1S/C11H13F3.C2H4/c1-2-3-5-9-6-4-7-10(8-9)11(12,13)14;1-2/h4,6-8H,2-3,5H2,1H3;1-2H2. The molecule has 0 fully saturated rings. The second kappa shape index (κ2) is 7.09. The molecule has 0 N–H and O–H groups in total. The fraction of sp³-hybridized carbons (Fsp3) is 0.385. The van der Waals surface area contributed by atoms with Gasteiger partial charge in [0.25, 0.3) is 0 Å². The minimum Gasteiger partial charge on any atom is -0.166 e. The molecule has 0 nitrogen and oxygen atoms in total. The maximum atomic E-state index is 12.3. The fourth-order valence-electron chi connectivity index (χ4n) is 1.28. The van der Waals surface area contributed by atoms with Crippen molar-refractivity contribution >= 4 is 0 Å². The number of alkyl halides is 3. The number of halogens is 3. The highest BCUT2D eigenvalue weighted by atomic mass is 19.4. The van der Waals surface area contributed by atoms with E-state index >= 15 is 0 Å². The van der Waals surface area contributed by atoms with Gasteiger partial charge in [0, 0.05) is 0 Å². The lowest BCUT2D eigenvalue weighted by Gasteiger charge is -2.08. The third kappa shape index (κ3) is 5.01. The molecule has 0 saturated carbocycles. The molecule has 0 bridgehead atoms. The lowest BCUT2D eigenvalue weighted by Crippen LogP contribution is -2.05. The number of aryl methyl sites for hydroxylation is 1. The Hall–Kier alpha value is -1.25. The number of benzene rings is 1. The van der Waals surface area contributed by atoms with E-state index in [4.69, 9.17) is 0 Å². The monoisotopic (exact) mass is 230 g/mol. The molecule has 0 atom stereocenters. The minimum atomic E-state index is -4.22. The predicted octanol–water partition coefficient (Wildman–Crippen LogP) is 4.85. The van der Waals surface area contributed by atoms with Gasteiger partial charge in [0.05, 0.1) is 5.56 Å². The largest absolute Gasteiger partial charge is 0.416 e. The predicted molar refractivity (Wildman–Crippen MR) is 61.3 cm³/mol. The van der Waals surface area contributed by atoms with Gasteiger partial charge >= 0.3 is 6.18 Å². The Morgan fingerprint density at radius 1 is 1.19 bits per heavy atom. The van der Waals surface area contributed by atoms with Gasteiger partial charge in [0.15, 0.2) is 0 Å². The van der Waals surface area contributed by atoms with Gasteiger partial charge in [-0.25, -0.2) is 0 Å².